The third kappa shape index (κ3) is 4.99. The molecule has 0 saturated carbocycles. The fourth-order valence-corrected chi connectivity index (χ4v) is 1.70. The van der Waals surface area contributed by atoms with Crippen LogP contribution in [0.4, 0.5) is 10.5 Å². The molecule has 1 atom stereocenters. The number of urea groups is 1. The second-order valence-electron chi connectivity index (χ2n) is 4.33. The summed E-state index contributed by atoms with van der Waals surface area (Å²) in [6, 6.07) is 6.11. The number of carboxylic acids is 1. The van der Waals surface area contributed by atoms with Crippen molar-refractivity contribution in [2.24, 2.45) is 0 Å². The highest BCUT2D eigenvalue weighted by Gasteiger charge is 2.18. The Bertz CT molecular complexity index is 429. The Hall–Kier alpha value is -2.04. The molecular weight excluding hydrogens is 244 g/mol. The van der Waals surface area contributed by atoms with Gasteiger partial charge in [-0.3, -0.25) is 0 Å². The average Bonchev–Trinajstić information content (AvgIpc) is 2.39. The molecule has 1 aromatic carbocycles. The Balaban J connectivity index is 2.55. The van der Waals surface area contributed by atoms with Crippen LogP contribution in [0.15, 0.2) is 24.3 Å². The first-order chi connectivity index (χ1) is 9.06. The zero-order chi connectivity index (χ0) is 14.3. The molecule has 0 aliphatic carbocycles. The number of aliphatic carboxylic acids is 1. The highest BCUT2D eigenvalue weighted by molar-refractivity contribution is 5.92. The van der Waals surface area contributed by atoms with Gasteiger partial charge in [-0.25, -0.2) is 9.59 Å². The van der Waals surface area contributed by atoms with E-state index in [1.54, 1.807) is 12.1 Å². The van der Waals surface area contributed by atoms with Crippen molar-refractivity contribution >= 4 is 17.7 Å². The summed E-state index contributed by atoms with van der Waals surface area (Å²) < 4.78 is 0. The Morgan fingerprint density at radius 3 is 2.32 bits per heavy atom. The van der Waals surface area contributed by atoms with E-state index in [1.807, 2.05) is 19.1 Å². The number of carbonyl (C=O) groups is 2. The lowest BCUT2D eigenvalue weighted by Gasteiger charge is -2.14. The van der Waals surface area contributed by atoms with E-state index in [9.17, 15) is 9.59 Å². The van der Waals surface area contributed by atoms with Crippen LogP contribution in [-0.2, 0) is 11.2 Å². The number of rotatable bonds is 6. The zero-order valence-corrected chi connectivity index (χ0v) is 11.3. The summed E-state index contributed by atoms with van der Waals surface area (Å²) in [7, 11) is 0. The van der Waals surface area contributed by atoms with E-state index in [4.69, 9.17) is 5.11 Å². The summed E-state index contributed by atoms with van der Waals surface area (Å²) in [5.41, 5.74) is 1.83. The number of nitrogens with one attached hydrogen (secondary N) is 2. The van der Waals surface area contributed by atoms with E-state index >= 15 is 0 Å². The van der Waals surface area contributed by atoms with Crippen LogP contribution in [0, 0.1) is 0 Å². The Morgan fingerprint density at radius 2 is 1.84 bits per heavy atom. The third-order valence-electron chi connectivity index (χ3n) is 2.80. The van der Waals surface area contributed by atoms with Gasteiger partial charge in [0.25, 0.3) is 0 Å². The van der Waals surface area contributed by atoms with Crippen molar-refractivity contribution in [3.63, 3.8) is 0 Å². The van der Waals surface area contributed by atoms with Gasteiger partial charge in [0.2, 0.25) is 0 Å². The lowest BCUT2D eigenvalue weighted by molar-refractivity contribution is -0.139. The first-order valence-corrected chi connectivity index (χ1v) is 6.46. The minimum Gasteiger partial charge on any atom is -0.480 e. The quantitative estimate of drug-likeness (QED) is 0.739. The summed E-state index contributed by atoms with van der Waals surface area (Å²) in [5.74, 6) is -1.02. The second kappa shape index (κ2) is 7.41. The molecule has 0 heterocycles. The van der Waals surface area contributed by atoms with Crippen LogP contribution in [0.5, 0.6) is 0 Å². The molecule has 0 unspecified atom stereocenters. The van der Waals surface area contributed by atoms with Crippen LogP contribution in [0.3, 0.4) is 0 Å². The minimum absolute atomic E-state index is 0.414. The maximum atomic E-state index is 11.7. The summed E-state index contributed by atoms with van der Waals surface area (Å²) in [4.78, 5) is 22.6. The number of benzene rings is 1. The van der Waals surface area contributed by atoms with Crippen molar-refractivity contribution in [3.8, 4) is 0 Å². The Morgan fingerprint density at radius 1 is 1.21 bits per heavy atom. The van der Waals surface area contributed by atoms with Crippen molar-refractivity contribution in [2.75, 3.05) is 5.32 Å². The van der Waals surface area contributed by atoms with E-state index in [0.717, 1.165) is 6.42 Å². The van der Waals surface area contributed by atoms with E-state index < -0.39 is 18.0 Å². The molecule has 0 spiro atoms. The number of carbonyl (C=O) groups excluding carboxylic acids is 1. The summed E-state index contributed by atoms with van der Waals surface area (Å²) in [6.45, 7) is 3.93. The van der Waals surface area contributed by atoms with Gasteiger partial charge in [0.05, 0.1) is 0 Å². The summed E-state index contributed by atoms with van der Waals surface area (Å²) in [6.07, 6.45) is 2.05. The van der Waals surface area contributed by atoms with Gasteiger partial charge in [0, 0.05) is 5.69 Å². The molecule has 0 radical (unpaired) electrons. The fourth-order valence-electron chi connectivity index (χ4n) is 1.70. The molecule has 0 aliphatic heterocycles. The molecule has 1 rings (SSSR count). The molecule has 5 heteroatoms. The molecule has 0 fully saturated rings. The van der Waals surface area contributed by atoms with Crippen LogP contribution in [0.2, 0.25) is 0 Å². The topological polar surface area (TPSA) is 78.4 Å². The predicted octanol–water partition coefficient (Wildman–Crippen LogP) is 2.62. The summed E-state index contributed by atoms with van der Waals surface area (Å²) >= 11 is 0. The minimum atomic E-state index is -1.02. The second-order valence-corrected chi connectivity index (χ2v) is 4.33. The maximum absolute atomic E-state index is 11.7. The molecule has 0 saturated heterocycles. The SMILES string of the molecule is CCC[C@H](NC(=O)Nc1ccc(CC)cc1)C(=O)O. The number of hydrogen-bond acceptors (Lipinski definition) is 2. The Kier molecular flexibility index (Phi) is 5.85. The molecule has 2 amide bonds. The first kappa shape index (κ1) is 15.0. The van der Waals surface area contributed by atoms with Gasteiger partial charge in [0.15, 0.2) is 0 Å². The Labute approximate surface area is 113 Å². The molecule has 19 heavy (non-hydrogen) atoms. The van der Waals surface area contributed by atoms with Gasteiger partial charge < -0.3 is 15.7 Å². The average molecular weight is 264 g/mol. The molecule has 3 N–H and O–H groups in total. The van der Waals surface area contributed by atoms with Crippen LogP contribution < -0.4 is 10.6 Å². The van der Waals surface area contributed by atoms with E-state index in [2.05, 4.69) is 17.6 Å². The summed E-state index contributed by atoms with van der Waals surface area (Å²) in [5, 5.41) is 14.0. The van der Waals surface area contributed by atoms with Crippen molar-refractivity contribution in [2.45, 2.75) is 39.2 Å². The molecule has 0 bridgehead atoms. The van der Waals surface area contributed by atoms with Crippen LogP contribution in [0.25, 0.3) is 0 Å². The standard InChI is InChI=1S/C14H20N2O3/c1-3-5-12(13(17)18)16-14(19)15-11-8-6-10(4-2)7-9-11/h6-9,12H,3-5H2,1-2H3,(H,17,18)(H2,15,16,19)/t12-/m0/s1. The predicted molar refractivity (Wildman–Crippen MR) is 74.3 cm³/mol. The van der Waals surface area contributed by atoms with Gasteiger partial charge in [-0.15, -0.1) is 0 Å². The van der Waals surface area contributed by atoms with Crippen LogP contribution in [-0.4, -0.2) is 23.1 Å². The van der Waals surface area contributed by atoms with Crippen molar-refractivity contribution in [1.82, 2.24) is 5.32 Å². The lowest BCUT2D eigenvalue weighted by atomic mass is 10.1. The number of amides is 2. The van der Waals surface area contributed by atoms with E-state index in [1.165, 1.54) is 5.56 Å². The van der Waals surface area contributed by atoms with Crippen LogP contribution in [0.1, 0.15) is 32.3 Å². The van der Waals surface area contributed by atoms with Gasteiger partial charge >= 0.3 is 12.0 Å². The van der Waals surface area contributed by atoms with Crippen molar-refractivity contribution in [1.29, 1.82) is 0 Å². The zero-order valence-electron chi connectivity index (χ0n) is 11.3. The van der Waals surface area contributed by atoms with Gasteiger partial charge in [0.1, 0.15) is 6.04 Å². The molecule has 5 nitrogen and oxygen atoms in total. The smallest absolute Gasteiger partial charge is 0.326 e. The molecule has 0 aliphatic rings. The number of carboxylic acid groups (broad SMARTS) is 1. The molecule has 1 aromatic rings. The monoisotopic (exact) mass is 264 g/mol. The highest BCUT2D eigenvalue weighted by atomic mass is 16.4. The van der Waals surface area contributed by atoms with Gasteiger partial charge in [-0.05, 0) is 30.5 Å². The van der Waals surface area contributed by atoms with Gasteiger partial charge in [-0.1, -0.05) is 32.4 Å². The molecule has 0 aromatic heterocycles. The largest absolute Gasteiger partial charge is 0.480 e. The highest BCUT2D eigenvalue weighted by Crippen LogP contribution is 2.10. The number of aryl methyl sites for hydroxylation is 1. The third-order valence-corrected chi connectivity index (χ3v) is 2.80. The maximum Gasteiger partial charge on any atom is 0.326 e. The van der Waals surface area contributed by atoms with E-state index in [0.29, 0.717) is 18.5 Å². The normalized spacial score (nSPS) is 11.7. The first-order valence-electron chi connectivity index (χ1n) is 6.46. The molecular formula is C14H20N2O3. The van der Waals surface area contributed by atoms with Gasteiger partial charge in [-0.2, -0.15) is 0 Å². The van der Waals surface area contributed by atoms with Crippen molar-refractivity contribution in [3.05, 3.63) is 29.8 Å². The van der Waals surface area contributed by atoms with Crippen molar-refractivity contribution < 1.29 is 14.7 Å². The fraction of sp³-hybridized carbons (Fsp3) is 0.429. The number of hydrogen-bond donors (Lipinski definition) is 3. The number of anilines is 1. The lowest BCUT2D eigenvalue weighted by Crippen LogP contribution is -2.42. The van der Waals surface area contributed by atoms with E-state index in [-0.39, 0.29) is 0 Å². The molecule has 104 valence electrons. The van der Waals surface area contributed by atoms with Crippen LogP contribution >= 0.6 is 0 Å².